The number of nitrogens with one attached hydrogen (secondary N) is 2. The second kappa shape index (κ2) is 4.89. The molecule has 0 aliphatic rings. The Labute approximate surface area is 101 Å². The van der Waals surface area contributed by atoms with Crippen LogP contribution in [0.4, 0.5) is 5.69 Å². The molecule has 1 aromatic rings. The molecule has 0 aliphatic heterocycles. The van der Waals surface area contributed by atoms with Crippen molar-refractivity contribution in [2.45, 2.75) is 24.3 Å². The summed E-state index contributed by atoms with van der Waals surface area (Å²) >= 11 is 1.66. The molecule has 0 bridgehead atoms. The molecule has 0 saturated carbocycles. The van der Waals surface area contributed by atoms with Crippen LogP contribution in [0.15, 0.2) is 23.1 Å². The molecule has 0 heterocycles. The van der Waals surface area contributed by atoms with Crippen LogP contribution >= 0.6 is 11.8 Å². The third-order valence-corrected chi connectivity index (χ3v) is 3.19. The molecule has 0 unspecified atom stereocenters. The number of para-hydroxylation sites is 1. The number of hydrogen-bond donors (Lipinski definition) is 3. The van der Waals surface area contributed by atoms with E-state index in [1.807, 2.05) is 45.4 Å². The highest BCUT2D eigenvalue weighted by Gasteiger charge is 2.22. The summed E-state index contributed by atoms with van der Waals surface area (Å²) < 4.78 is 0. The standard InChI is InChI=1S/C12H19N3S/c1-12(2,14)11(13)8-6-5-7-9(16-4)10(8)15-3/h5-7,13,15H,14H2,1-4H3. The summed E-state index contributed by atoms with van der Waals surface area (Å²) in [6, 6.07) is 5.93. The van der Waals surface area contributed by atoms with Gasteiger partial charge in [0.15, 0.2) is 0 Å². The molecular weight excluding hydrogens is 218 g/mol. The van der Waals surface area contributed by atoms with Crippen LogP contribution in [0.3, 0.4) is 0 Å². The first-order valence-corrected chi connectivity index (χ1v) is 6.37. The minimum absolute atomic E-state index is 0.452. The lowest BCUT2D eigenvalue weighted by molar-refractivity contribution is 0.695. The Hall–Kier alpha value is -1.00. The molecule has 16 heavy (non-hydrogen) atoms. The van der Waals surface area contributed by atoms with Crippen LogP contribution in [-0.2, 0) is 0 Å². The topological polar surface area (TPSA) is 61.9 Å². The smallest absolute Gasteiger partial charge is 0.0600 e. The van der Waals surface area contributed by atoms with Crippen molar-refractivity contribution in [1.29, 1.82) is 5.41 Å². The van der Waals surface area contributed by atoms with Gasteiger partial charge in [0.25, 0.3) is 0 Å². The number of hydrogen-bond acceptors (Lipinski definition) is 4. The monoisotopic (exact) mass is 237 g/mol. The van der Waals surface area contributed by atoms with E-state index in [0.717, 1.165) is 16.1 Å². The van der Waals surface area contributed by atoms with Gasteiger partial charge in [-0.2, -0.15) is 0 Å². The summed E-state index contributed by atoms with van der Waals surface area (Å²) in [7, 11) is 1.87. The largest absolute Gasteiger partial charge is 0.387 e. The van der Waals surface area contributed by atoms with E-state index in [2.05, 4.69) is 5.32 Å². The van der Waals surface area contributed by atoms with Crippen molar-refractivity contribution in [1.82, 2.24) is 0 Å². The van der Waals surface area contributed by atoms with E-state index in [0.29, 0.717) is 5.71 Å². The summed E-state index contributed by atoms with van der Waals surface area (Å²) in [5.41, 5.74) is 7.66. The van der Waals surface area contributed by atoms with Crippen molar-refractivity contribution < 1.29 is 0 Å². The maximum Gasteiger partial charge on any atom is 0.0600 e. The molecule has 0 aliphatic carbocycles. The first kappa shape index (κ1) is 13.1. The van der Waals surface area contributed by atoms with E-state index in [1.54, 1.807) is 11.8 Å². The minimum Gasteiger partial charge on any atom is -0.387 e. The summed E-state index contributed by atoms with van der Waals surface area (Å²) in [6.07, 6.45) is 2.02. The summed E-state index contributed by atoms with van der Waals surface area (Å²) in [5.74, 6) is 0. The minimum atomic E-state index is -0.622. The molecule has 0 saturated heterocycles. The fraction of sp³-hybridized carbons (Fsp3) is 0.417. The van der Waals surface area contributed by atoms with Gasteiger partial charge in [-0.1, -0.05) is 12.1 Å². The molecule has 0 aromatic heterocycles. The fourth-order valence-electron chi connectivity index (χ4n) is 1.51. The second-order valence-electron chi connectivity index (χ2n) is 4.23. The molecule has 3 nitrogen and oxygen atoms in total. The van der Waals surface area contributed by atoms with Gasteiger partial charge >= 0.3 is 0 Å². The van der Waals surface area contributed by atoms with E-state index >= 15 is 0 Å². The molecule has 4 N–H and O–H groups in total. The molecule has 1 aromatic carbocycles. The van der Waals surface area contributed by atoms with Gasteiger partial charge in [-0.15, -0.1) is 11.8 Å². The molecule has 0 spiro atoms. The Morgan fingerprint density at radius 1 is 1.44 bits per heavy atom. The van der Waals surface area contributed by atoms with Crippen LogP contribution in [0.5, 0.6) is 0 Å². The van der Waals surface area contributed by atoms with Crippen LogP contribution in [0.25, 0.3) is 0 Å². The first-order valence-electron chi connectivity index (χ1n) is 5.15. The predicted molar refractivity (Wildman–Crippen MR) is 72.9 cm³/mol. The van der Waals surface area contributed by atoms with Crippen LogP contribution in [0.2, 0.25) is 0 Å². The van der Waals surface area contributed by atoms with Gasteiger partial charge in [-0.05, 0) is 26.2 Å². The summed E-state index contributed by atoms with van der Waals surface area (Å²) in [5, 5.41) is 11.3. The fourth-order valence-corrected chi connectivity index (χ4v) is 2.15. The molecule has 1 rings (SSSR count). The average Bonchev–Trinajstić information content (AvgIpc) is 2.25. The maximum atomic E-state index is 8.12. The average molecular weight is 237 g/mol. The van der Waals surface area contributed by atoms with Crippen molar-refractivity contribution in [2.75, 3.05) is 18.6 Å². The second-order valence-corrected chi connectivity index (χ2v) is 5.08. The SMILES string of the molecule is CNc1c(SC)cccc1C(=N)C(C)(C)N. The van der Waals surface area contributed by atoms with Crippen molar-refractivity contribution in [3.05, 3.63) is 23.8 Å². The van der Waals surface area contributed by atoms with Crippen molar-refractivity contribution in [3.8, 4) is 0 Å². The van der Waals surface area contributed by atoms with Gasteiger partial charge in [0.2, 0.25) is 0 Å². The van der Waals surface area contributed by atoms with Gasteiger partial charge < -0.3 is 16.5 Å². The first-order chi connectivity index (χ1) is 7.41. The van der Waals surface area contributed by atoms with Gasteiger partial charge in [0, 0.05) is 17.5 Å². The van der Waals surface area contributed by atoms with Crippen LogP contribution in [0, 0.1) is 5.41 Å². The van der Waals surface area contributed by atoms with Crippen LogP contribution in [-0.4, -0.2) is 24.6 Å². The Kier molecular flexibility index (Phi) is 3.99. The Morgan fingerprint density at radius 2 is 2.06 bits per heavy atom. The van der Waals surface area contributed by atoms with Crippen molar-refractivity contribution in [2.24, 2.45) is 5.73 Å². The normalized spacial score (nSPS) is 11.3. The van der Waals surface area contributed by atoms with E-state index in [1.165, 1.54) is 0 Å². The molecule has 88 valence electrons. The zero-order valence-corrected chi connectivity index (χ0v) is 11.0. The number of rotatable bonds is 4. The van der Waals surface area contributed by atoms with Gasteiger partial charge in [0.05, 0.1) is 16.9 Å². The van der Waals surface area contributed by atoms with Gasteiger partial charge in [0.1, 0.15) is 0 Å². The molecule has 0 atom stereocenters. The highest BCUT2D eigenvalue weighted by molar-refractivity contribution is 7.98. The van der Waals surface area contributed by atoms with Gasteiger partial charge in [-0.25, -0.2) is 0 Å². The zero-order valence-electron chi connectivity index (χ0n) is 10.2. The Morgan fingerprint density at radius 3 is 2.50 bits per heavy atom. The number of anilines is 1. The molecule has 0 amide bonds. The molecule has 0 fully saturated rings. The summed E-state index contributed by atoms with van der Waals surface area (Å²) in [4.78, 5) is 1.13. The highest BCUT2D eigenvalue weighted by atomic mass is 32.2. The van der Waals surface area contributed by atoms with Crippen molar-refractivity contribution in [3.63, 3.8) is 0 Å². The number of thioether (sulfide) groups is 1. The predicted octanol–water partition coefficient (Wildman–Crippen LogP) is 2.56. The Balaban J connectivity index is 3.29. The van der Waals surface area contributed by atoms with Gasteiger partial charge in [-0.3, -0.25) is 0 Å². The number of nitrogens with two attached hydrogens (primary N) is 1. The zero-order chi connectivity index (χ0) is 12.3. The lowest BCUT2D eigenvalue weighted by atomic mass is 9.92. The van der Waals surface area contributed by atoms with E-state index in [-0.39, 0.29) is 0 Å². The Bertz CT molecular complexity index is 394. The molecule has 4 heteroatoms. The third-order valence-electron chi connectivity index (χ3n) is 2.41. The van der Waals surface area contributed by atoms with Crippen molar-refractivity contribution >= 4 is 23.2 Å². The summed E-state index contributed by atoms with van der Waals surface area (Å²) in [6.45, 7) is 3.70. The quantitative estimate of drug-likeness (QED) is 0.557. The van der Waals surface area contributed by atoms with Crippen LogP contribution in [0.1, 0.15) is 19.4 Å². The lowest BCUT2D eigenvalue weighted by Gasteiger charge is -2.23. The number of benzene rings is 1. The lowest BCUT2D eigenvalue weighted by Crippen LogP contribution is -2.41. The maximum absolute atomic E-state index is 8.12. The molecule has 0 radical (unpaired) electrons. The van der Waals surface area contributed by atoms with E-state index < -0.39 is 5.54 Å². The van der Waals surface area contributed by atoms with E-state index in [4.69, 9.17) is 11.1 Å². The third kappa shape index (κ3) is 2.57. The molecular formula is C12H19N3S. The highest BCUT2D eigenvalue weighted by Crippen LogP contribution is 2.30. The van der Waals surface area contributed by atoms with Crippen LogP contribution < -0.4 is 11.1 Å². The van der Waals surface area contributed by atoms with E-state index in [9.17, 15) is 0 Å².